The van der Waals surface area contributed by atoms with Gasteiger partial charge in [-0.25, -0.2) is 4.79 Å². The lowest BCUT2D eigenvalue weighted by molar-refractivity contribution is 0.0706. The number of aromatic nitrogens is 2. The molecule has 3 aromatic carbocycles. The maximum Gasteiger partial charge on any atom is 0.333 e. The Hall–Kier alpha value is -3.82. The van der Waals surface area contributed by atoms with Crippen LogP contribution < -0.4 is 15.7 Å². The van der Waals surface area contributed by atoms with Crippen molar-refractivity contribution in [3.8, 4) is 11.4 Å². The van der Waals surface area contributed by atoms with E-state index in [1.165, 1.54) is 4.57 Å². The highest BCUT2D eigenvalue weighted by Crippen LogP contribution is 2.26. The average Bonchev–Trinajstić information content (AvgIpc) is 3.28. The summed E-state index contributed by atoms with van der Waals surface area (Å²) < 4.78 is 9.50. The van der Waals surface area contributed by atoms with Gasteiger partial charge < -0.3 is 15.0 Å². The second-order valence-corrected chi connectivity index (χ2v) is 11.5. The van der Waals surface area contributed by atoms with Crippen LogP contribution in [-0.4, -0.2) is 39.0 Å². The lowest BCUT2D eigenvalue weighted by atomic mass is 10.1. The van der Waals surface area contributed by atoms with Crippen LogP contribution >= 0.6 is 27.5 Å². The molecule has 2 heterocycles. The highest BCUT2D eigenvalue weighted by Gasteiger charge is 2.32. The van der Waals surface area contributed by atoms with Crippen molar-refractivity contribution < 1.29 is 14.3 Å². The van der Waals surface area contributed by atoms with Crippen LogP contribution in [0.1, 0.15) is 46.0 Å². The maximum atomic E-state index is 13.7. The van der Waals surface area contributed by atoms with Gasteiger partial charge in [0.2, 0.25) is 0 Å². The third kappa shape index (κ3) is 6.26. The van der Waals surface area contributed by atoms with E-state index < -0.39 is 5.91 Å². The van der Waals surface area contributed by atoms with Crippen LogP contribution in [0.4, 0.5) is 0 Å². The summed E-state index contributed by atoms with van der Waals surface area (Å²) in [6.45, 7) is 5.67. The molecule has 1 aliphatic heterocycles. The van der Waals surface area contributed by atoms with Gasteiger partial charge in [0.1, 0.15) is 11.4 Å². The van der Waals surface area contributed by atoms with Crippen molar-refractivity contribution in [3.05, 3.63) is 115 Å². The fourth-order valence-electron chi connectivity index (χ4n) is 4.73. The lowest BCUT2D eigenvalue weighted by Crippen LogP contribution is -2.41. The molecule has 0 bridgehead atoms. The van der Waals surface area contributed by atoms with Gasteiger partial charge in [-0.1, -0.05) is 55.8 Å². The molecule has 212 valence electrons. The van der Waals surface area contributed by atoms with Crippen LogP contribution in [0.2, 0.25) is 5.02 Å². The first-order valence-electron chi connectivity index (χ1n) is 13.4. The summed E-state index contributed by atoms with van der Waals surface area (Å²) in [4.78, 5) is 42.5. The zero-order valence-electron chi connectivity index (χ0n) is 22.8. The van der Waals surface area contributed by atoms with Crippen molar-refractivity contribution >= 4 is 39.3 Å². The van der Waals surface area contributed by atoms with Gasteiger partial charge in [-0.15, -0.1) is 0 Å². The Labute approximate surface area is 251 Å². The molecular formula is C31H30BrClN4O4. The lowest BCUT2D eigenvalue weighted by Gasteiger charge is -2.28. The number of hydrogen-bond acceptors (Lipinski definition) is 4. The number of carbonyl (C=O) groups excluding carboxylic acids is 2. The predicted molar refractivity (Wildman–Crippen MR) is 162 cm³/mol. The molecular weight excluding hydrogens is 608 g/mol. The zero-order chi connectivity index (χ0) is 29.1. The van der Waals surface area contributed by atoms with E-state index in [-0.39, 0.29) is 30.4 Å². The van der Waals surface area contributed by atoms with E-state index in [1.54, 1.807) is 51.9 Å². The molecule has 4 aromatic rings. The number of fused-ring (bicyclic) bond motifs is 1. The van der Waals surface area contributed by atoms with E-state index in [9.17, 15) is 14.4 Å². The molecule has 2 amide bonds. The Kier molecular flexibility index (Phi) is 8.65. The molecule has 1 aromatic heterocycles. The van der Waals surface area contributed by atoms with Gasteiger partial charge in [-0.05, 0) is 69.9 Å². The number of ether oxygens (including phenoxy) is 1. The van der Waals surface area contributed by atoms with E-state index in [0.717, 1.165) is 5.56 Å². The molecule has 5 rings (SSSR count). The summed E-state index contributed by atoms with van der Waals surface area (Å²) in [5.41, 5.74) is 2.24. The van der Waals surface area contributed by atoms with E-state index >= 15 is 0 Å². The monoisotopic (exact) mass is 636 g/mol. The Morgan fingerprint density at radius 2 is 1.76 bits per heavy atom. The van der Waals surface area contributed by atoms with Gasteiger partial charge in [0, 0.05) is 29.7 Å². The second kappa shape index (κ2) is 12.4. The molecule has 10 heteroatoms. The Morgan fingerprint density at radius 1 is 1.02 bits per heavy atom. The molecule has 8 nitrogen and oxygen atoms in total. The van der Waals surface area contributed by atoms with E-state index in [4.69, 9.17) is 16.3 Å². The minimum atomic E-state index is -0.402. The zero-order valence-corrected chi connectivity index (χ0v) is 25.1. The molecule has 1 aliphatic rings. The van der Waals surface area contributed by atoms with E-state index in [0.29, 0.717) is 57.8 Å². The highest BCUT2D eigenvalue weighted by atomic mass is 79.9. The third-order valence-corrected chi connectivity index (χ3v) is 8.05. The minimum absolute atomic E-state index is 0.0957. The normalized spacial score (nSPS) is 12.8. The smallest absolute Gasteiger partial charge is 0.333 e. The fourth-order valence-corrected chi connectivity index (χ4v) is 5.16. The molecule has 0 unspecified atom stereocenters. The van der Waals surface area contributed by atoms with Crippen molar-refractivity contribution in [1.29, 1.82) is 0 Å². The molecule has 0 aliphatic carbocycles. The predicted octanol–water partition coefficient (Wildman–Crippen LogP) is 5.68. The summed E-state index contributed by atoms with van der Waals surface area (Å²) >= 11 is 9.59. The SMILES string of the molecule is CC(C)COc1ccc(-n2c(C(=O)NCc3ccccc3)c3n(c2=O)CCN(C(=O)c2ccc(Br)c(Cl)c2)C3)cc1. The summed E-state index contributed by atoms with van der Waals surface area (Å²) in [6.07, 6.45) is 0. The number of nitrogens with zero attached hydrogens (tertiary/aromatic N) is 3. The number of carbonyl (C=O) groups is 2. The summed E-state index contributed by atoms with van der Waals surface area (Å²) in [7, 11) is 0. The molecule has 0 fully saturated rings. The number of halogens is 2. The number of imidazole rings is 1. The van der Waals surface area contributed by atoms with Crippen LogP contribution in [-0.2, 0) is 19.6 Å². The number of benzene rings is 3. The first kappa shape index (κ1) is 28.7. The van der Waals surface area contributed by atoms with Gasteiger partial charge >= 0.3 is 5.69 Å². The van der Waals surface area contributed by atoms with Crippen LogP contribution in [0.15, 0.2) is 82.1 Å². The van der Waals surface area contributed by atoms with Crippen LogP contribution in [0.25, 0.3) is 5.69 Å². The average molecular weight is 638 g/mol. The van der Waals surface area contributed by atoms with Gasteiger partial charge in [0.25, 0.3) is 11.8 Å². The molecule has 0 atom stereocenters. The van der Waals surface area contributed by atoms with Gasteiger partial charge in [-0.3, -0.25) is 18.7 Å². The largest absolute Gasteiger partial charge is 0.493 e. The highest BCUT2D eigenvalue weighted by molar-refractivity contribution is 9.10. The minimum Gasteiger partial charge on any atom is -0.493 e. The quantitative estimate of drug-likeness (QED) is 0.270. The van der Waals surface area contributed by atoms with E-state index in [1.807, 2.05) is 30.3 Å². The van der Waals surface area contributed by atoms with Crippen LogP contribution in [0.3, 0.4) is 0 Å². The number of hydrogen-bond donors (Lipinski definition) is 1. The number of nitrogens with one attached hydrogen (secondary N) is 1. The summed E-state index contributed by atoms with van der Waals surface area (Å²) in [5, 5.41) is 3.39. The Morgan fingerprint density at radius 3 is 2.44 bits per heavy atom. The van der Waals surface area contributed by atoms with E-state index in [2.05, 4.69) is 35.1 Å². The molecule has 0 spiro atoms. The maximum absolute atomic E-state index is 13.7. The van der Waals surface area contributed by atoms with Gasteiger partial charge in [0.05, 0.1) is 29.6 Å². The fraction of sp³-hybridized carbons (Fsp3) is 0.258. The van der Waals surface area contributed by atoms with Crippen molar-refractivity contribution in [2.24, 2.45) is 5.92 Å². The van der Waals surface area contributed by atoms with Crippen molar-refractivity contribution in [2.45, 2.75) is 33.5 Å². The van der Waals surface area contributed by atoms with Crippen molar-refractivity contribution in [3.63, 3.8) is 0 Å². The Balaban J connectivity index is 1.51. The number of amides is 2. The molecule has 0 saturated heterocycles. The first-order chi connectivity index (χ1) is 19.7. The standard InChI is InChI=1S/C31H30BrClN4O4/c1-20(2)19-41-24-11-9-23(10-12-24)37-28(29(38)34-17-21-6-4-3-5-7-21)27-18-35(14-15-36(27)31(37)40)30(39)22-8-13-25(32)26(33)16-22/h3-13,16,20H,14-15,17-19H2,1-2H3,(H,34,38). The molecule has 0 saturated carbocycles. The van der Waals surface area contributed by atoms with Gasteiger partial charge in [-0.2, -0.15) is 0 Å². The molecule has 1 N–H and O–H groups in total. The third-order valence-electron chi connectivity index (χ3n) is 6.82. The second-order valence-electron chi connectivity index (χ2n) is 10.3. The first-order valence-corrected chi connectivity index (χ1v) is 14.5. The summed E-state index contributed by atoms with van der Waals surface area (Å²) in [5.74, 6) is 0.419. The van der Waals surface area contributed by atoms with Crippen LogP contribution in [0.5, 0.6) is 5.75 Å². The van der Waals surface area contributed by atoms with Crippen molar-refractivity contribution in [2.75, 3.05) is 13.2 Å². The van der Waals surface area contributed by atoms with Gasteiger partial charge in [0.15, 0.2) is 0 Å². The molecule has 0 radical (unpaired) electrons. The topological polar surface area (TPSA) is 85.6 Å². The van der Waals surface area contributed by atoms with Crippen molar-refractivity contribution in [1.82, 2.24) is 19.4 Å². The van der Waals surface area contributed by atoms with Crippen LogP contribution in [0, 0.1) is 5.92 Å². The molecule has 41 heavy (non-hydrogen) atoms. The number of rotatable bonds is 8. The Bertz CT molecular complexity index is 1630. The summed E-state index contributed by atoms with van der Waals surface area (Å²) in [6, 6.07) is 21.7.